The van der Waals surface area contributed by atoms with Gasteiger partial charge in [0.1, 0.15) is 15.6 Å². The quantitative estimate of drug-likeness (QED) is 0.645. The minimum absolute atomic E-state index is 0.00723. The first-order valence-corrected chi connectivity index (χ1v) is 7.26. The Morgan fingerprint density at radius 3 is 2.43 bits per heavy atom. The van der Waals surface area contributed by atoms with Gasteiger partial charge in [-0.2, -0.15) is 0 Å². The predicted molar refractivity (Wildman–Crippen MR) is 76.4 cm³/mol. The van der Waals surface area contributed by atoms with E-state index < -0.39 is 18.1 Å². The van der Waals surface area contributed by atoms with Crippen molar-refractivity contribution in [1.29, 1.82) is 0 Å². The third-order valence-electron chi connectivity index (χ3n) is 1.70. The number of aromatic nitrogens is 1. The second kappa shape index (κ2) is 10.2. The van der Waals surface area contributed by atoms with E-state index in [1.54, 1.807) is 6.92 Å². The normalized spacial score (nSPS) is 10.1. The van der Waals surface area contributed by atoms with Crippen molar-refractivity contribution in [3.8, 4) is 0 Å². The Kier molecular flexibility index (Phi) is 9.44. The van der Waals surface area contributed by atoms with Gasteiger partial charge in [-0.15, -0.1) is 11.3 Å². The number of thiazole rings is 1. The monoisotopic (exact) mass is 322 g/mol. The van der Waals surface area contributed by atoms with E-state index >= 15 is 0 Å². The molecule has 0 aliphatic rings. The number of carbonyl (C=O) groups excluding carboxylic acids is 2. The first kappa shape index (κ1) is 19.4. The molecule has 1 N–H and O–H groups in total. The van der Waals surface area contributed by atoms with E-state index in [4.69, 9.17) is 0 Å². The molecule has 8 heteroatoms. The fourth-order valence-corrected chi connectivity index (χ4v) is 1.99. The van der Waals surface area contributed by atoms with Gasteiger partial charge in [0.15, 0.2) is 0 Å². The molecule has 1 amide bonds. The van der Waals surface area contributed by atoms with Crippen LogP contribution in [0.4, 0.5) is 8.78 Å². The smallest absolute Gasteiger partial charge is 0.350 e. The van der Waals surface area contributed by atoms with Crippen LogP contribution in [0.2, 0.25) is 0 Å². The Balaban J connectivity index is 0.000000885. The number of amides is 1. The molecule has 0 aromatic carbocycles. The Bertz CT molecular complexity index is 448. The lowest BCUT2D eigenvalue weighted by atomic mass is 10.3. The summed E-state index contributed by atoms with van der Waals surface area (Å²) >= 11 is 0.789. The lowest BCUT2D eigenvalue weighted by Gasteiger charge is -2.00. The van der Waals surface area contributed by atoms with Crippen LogP contribution >= 0.6 is 11.3 Å². The number of carbonyl (C=O) groups is 2. The molecular weight excluding hydrogens is 302 g/mol. The van der Waals surface area contributed by atoms with E-state index in [-0.39, 0.29) is 23.0 Å². The molecule has 0 bridgehead atoms. The van der Waals surface area contributed by atoms with Gasteiger partial charge >= 0.3 is 5.97 Å². The summed E-state index contributed by atoms with van der Waals surface area (Å²) in [6, 6.07) is 0. The molecule has 0 radical (unpaired) electrons. The van der Waals surface area contributed by atoms with Crippen LogP contribution < -0.4 is 5.32 Å². The molecular formula is C13H20F2N2O3S. The summed E-state index contributed by atoms with van der Waals surface area (Å²) in [6.45, 7) is 8.18. The highest BCUT2D eigenvalue weighted by Crippen LogP contribution is 2.28. The summed E-state index contributed by atoms with van der Waals surface area (Å²) in [5.74, 6) is 0.0117. The maximum atomic E-state index is 12.6. The van der Waals surface area contributed by atoms with Crippen LogP contribution in [0.1, 0.15) is 54.5 Å². The Morgan fingerprint density at radius 2 is 2.00 bits per heavy atom. The number of hydrogen-bond donors (Lipinski definition) is 1. The van der Waals surface area contributed by atoms with E-state index in [0.717, 1.165) is 17.3 Å². The zero-order chi connectivity index (χ0) is 16.4. The van der Waals surface area contributed by atoms with E-state index in [0.29, 0.717) is 6.41 Å². The number of esters is 1. The first-order valence-electron chi connectivity index (χ1n) is 6.45. The SMILES string of the molecule is CC(C)C.CCOC(=O)c1sc(CNC=O)nc1C(F)F. The molecule has 0 saturated carbocycles. The van der Waals surface area contributed by atoms with E-state index in [1.165, 1.54) is 0 Å². The van der Waals surface area contributed by atoms with Crippen molar-refractivity contribution >= 4 is 23.7 Å². The average Bonchev–Trinajstić information content (AvgIpc) is 2.80. The number of nitrogens with zero attached hydrogens (tertiary/aromatic N) is 1. The molecule has 120 valence electrons. The summed E-state index contributed by atoms with van der Waals surface area (Å²) in [5, 5.41) is 2.52. The van der Waals surface area contributed by atoms with Crippen molar-refractivity contribution in [1.82, 2.24) is 10.3 Å². The highest BCUT2D eigenvalue weighted by atomic mass is 32.1. The van der Waals surface area contributed by atoms with E-state index in [1.807, 2.05) is 0 Å². The van der Waals surface area contributed by atoms with Crippen LogP contribution in [0.25, 0.3) is 0 Å². The predicted octanol–water partition coefficient (Wildman–Crippen LogP) is 3.17. The molecule has 0 aliphatic heterocycles. The standard InChI is InChI=1S/C9H10F2N2O3S.C4H10/c1-2-16-9(15)7-6(8(10)11)13-5(17-7)3-12-4-14;1-4(2)3/h4,8H,2-3H2,1H3,(H,12,14);4H,1-3H3. The van der Waals surface area contributed by atoms with Crippen LogP contribution in [-0.2, 0) is 16.1 Å². The molecule has 1 heterocycles. The molecule has 1 aromatic rings. The van der Waals surface area contributed by atoms with Crippen molar-refractivity contribution in [2.45, 2.75) is 40.7 Å². The molecule has 5 nitrogen and oxygen atoms in total. The lowest BCUT2D eigenvalue weighted by molar-refractivity contribution is -0.109. The molecule has 0 atom stereocenters. The van der Waals surface area contributed by atoms with Crippen LogP contribution in [0, 0.1) is 5.92 Å². The van der Waals surface area contributed by atoms with Gasteiger partial charge in [-0.05, 0) is 12.8 Å². The molecule has 0 unspecified atom stereocenters. The maximum Gasteiger partial charge on any atom is 0.350 e. The highest BCUT2D eigenvalue weighted by Gasteiger charge is 2.25. The topological polar surface area (TPSA) is 68.3 Å². The third kappa shape index (κ3) is 7.69. The van der Waals surface area contributed by atoms with Crippen molar-refractivity contribution in [2.75, 3.05) is 6.61 Å². The third-order valence-corrected chi connectivity index (χ3v) is 2.75. The Hall–Kier alpha value is -1.57. The zero-order valence-electron chi connectivity index (χ0n) is 12.5. The van der Waals surface area contributed by atoms with Crippen molar-refractivity contribution in [2.24, 2.45) is 5.92 Å². The van der Waals surface area contributed by atoms with Gasteiger partial charge < -0.3 is 10.1 Å². The molecule has 1 aromatic heterocycles. The Morgan fingerprint density at radius 1 is 1.43 bits per heavy atom. The van der Waals surface area contributed by atoms with Gasteiger partial charge in [-0.25, -0.2) is 18.6 Å². The summed E-state index contributed by atoms with van der Waals surface area (Å²) in [4.78, 5) is 24.8. The van der Waals surface area contributed by atoms with Crippen LogP contribution in [0.3, 0.4) is 0 Å². The minimum Gasteiger partial charge on any atom is -0.462 e. The number of hydrogen-bond acceptors (Lipinski definition) is 5. The largest absolute Gasteiger partial charge is 0.462 e. The lowest BCUT2D eigenvalue weighted by Crippen LogP contribution is -2.09. The zero-order valence-corrected chi connectivity index (χ0v) is 13.3. The number of ether oxygens (including phenoxy) is 1. The molecule has 0 fully saturated rings. The fraction of sp³-hybridized carbons (Fsp3) is 0.615. The highest BCUT2D eigenvalue weighted by molar-refractivity contribution is 7.13. The maximum absolute atomic E-state index is 12.6. The average molecular weight is 322 g/mol. The van der Waals surface area contributed by atoms with Gasteiger partial charge in [0.05, 0.1) is 13.2 Å². The van der Waals surface area contributed by atoms with E-state index in [2.05, 4.69) is 35.8 Å². The van der Waals surface area contributed by atoms with Crippen LogP contribution in [-0.4, -0.2) is 24.0 Å². The van der Waals surface area contributed by atoms with Crippen LogP contribution in [0.5, 0.6) is 0 Å². The summed E-state index contributed by atoms with van der Waals surface area (Å²) in [7, 11) is 0. The first-order chi connectivity index (χ1) is 9.83. The number of rotatable bonds is 6. The number of nitrogens with one attached hydrogen (secondary N) is 1. The van der Waals surface area contributed by atoms with Gasteiger partial charge in [0, 0.05) is 0 Å². The molecule has 0 spiro atoms. The number of halogens is 2. The summed E-state index contributed by atoms with van der Waals surface area (Å²) < 4.78 is 29.9. The van der Waals surface area contributed by atoms with Gasteiger partial charge in [-0.3, -0.25) is 4.79 Å². The summed E-state index contributed by atoms with van der Waals surface area (Å²) in [5.41, 5.74) is -0.601. The summed E-state index contributed by atoms with van der Waals surface area (Å²) in [6.07, 6.45) is -2.43. The van der Waals surface area contributed by atoms with Crippen LogP contribution in [0.15, 0.2) is 0 Å². The van der Waals surface area contributed by atoms with Crippen molar-refractivity contribution in [3.63, 3.8) is 0 Å². The van der Waals surface area contributed by atoms with Crippen molar-refractivity contribution in [3.05, 3.63) is 15.6 Å². The van der Waals surface area contributed by atoms with Gasteiger partial charge in [0.2, 0.25) is 6.41 Å². The van der Waals surface area contributed by atoms with Crippen molar-refractivity contribution < 1.29 is 23.1 Å². The molecule has 0 aliphatic carbocycles. The molecule has 1 rings (SSSR count). The molecule has 0 saturated heterocycles. The fourth-order valence-electron chi connectivity index (χ4n) is 1.07. The van der Waals surface area contributed by atoms with Gasteiger partial charge in [0.25, 0.3) is 6.43 Å². The second-order valence-corrected chi connectivity index (χ2v) is 5.66. The Labute approximate surface area is 126 Å². The van der Waals surface area contributed by atoms with Gasteiger partial charge in [-0.1, -0.05) is 20.8 Å². The number of alkyl halides is 2. The minimum atomic E-state index is -2.85. The molecule has 21 heavy (non-hydrogen) atoms. The van der Waals surface area contributed by atoms with E-state index in [9.17, 15) is 18.4 Å². The second-order valence-electron chi connectivity index (χ2n) is 4.57.